The van der Waals surface area contributed by atoms with Gasteiger partial charge in [-0.25, -0.2) is 4.39 Å². The van der Waals surface area contributed by atoms with Gasteiger partial charge in [0.2, 0.25) is 0 Å². The number of alkyl halides is 3. The standard InChI is InChI=1S/C19H18F4N2/c1-2-3-4-14-5-8-16(18(20)11-14)13-25-24-12-15-6-9-17(10-7-15)19(21,22)23/h5-13H,2-4H2,1H3/b24-12+,25-13+. The number of hydrogen-bond acceptors (Lipinski definition) is 2. The van der Waals surface area contributed by atoms with Crippen LogP contribution in [0.15, 0.2) is 52.7 Å². The van der Waals surface area contributed by atoms with E-state index in [1.54, 1.807) is 6.07 Å². The molecule has 25 heavy (non-hydrogen) atoms. The number of rotatable bonds is 6. The van der Waals surface area contributed by atoms with E-state index in [0.717, 1.165) is 37.0 Å². The highest BCUT2D eigenvalue weighted by molar-refractivity contribution is 5.82. The number of hydrogen-bond donors (Lipinski definition) is 0. The van der Waals surface area contributed by atoms with Gasteiger partial charge in [0, 0.05) is 5.56 Å². The van der Waals surface area contributed by atoms with Crippen molar-refractivity contribution in [2.24, 2.45) is 10.2 Å². The van der Waals surface area contributed by atoms with Gasteiger partial charge in [0.25, 0.3) is 0 Å². The molecule has 0 spiro atoms. The van der Waals surface area contributed by atoms with E-state index in [1.807, 2.05) is 6.07 Å². The maximum absolute atomic E-state index is 13.9. The monoisotopic (exact) mass is 350 g/mol. The summed E-state index contributed by atoms with van der Waals surface area (Å²) in [5, 5.41) is 7.48. The van der Waals surface area contributed by atoms with Gasteiger partial charge in [-0.2, -0.15) is 23.4 Å². The van der Waals surface area contributed by atoms with Gasteiger partial charge in [0.15, 0.2) is 0 Å². The first-order valence-electron chi connectivity index (χ1n) is 7.92. The van der Waals surface area contributed by atoms with Crippen LogP contribution in [-0.2, 0) is 12.6 Å². The van der Waals surface area contributed by atoms with Gasteiger partial charge < -0.3 is 0 Å². The fourth-order valence-corrected chi connectivity index (χ4v) is 2.17. The minimum atomic E-state index is -4.37. The van der Waals surface area contributed by atoms with Gasteiger partial charge in [-0.05, 0) is 42.2 Å². The summed E-state index contributed by atoms with van der Waals surface area (Å²) in [7, 11) is 0. The highest BCUT2D eigenvalue weighted by atomic mass is 19.4. The lowest BCUT2D eigenvalue weighted by Crippen LogP contribution is -2.04. The predicted molar refractivity (Wildman–Crippen MR) is 91.6 cm³/mol. The molecule has 0 amide bonds. The Hall–Kier alpha value is -2.50. The molecule has 0 N–H and O–H groups in total. The van der Waals surface area contributed by atoms with Crippen molar-refractivity contribution in [2.45, 2.75) is 32.4 Å². The van der Waals surface area contributed by atoms with E-state index in [0.29, 0.717) is 11.1 Å². The number of halogens is 4. The summed E-state index contributed by atoms with van der Waals surface area (Å²) >= 11 is 0. The van der Waals surface area contributed by atoms with Crippen molar-refractivity contribution < 1.29 is 17.6 Å². The topological polar surface area (TPSA) is 24.7 Å². The molecule has 0 saturated heterocycles. The first kappa shape index (κ1) is 18.8. The Morgan fingerprint density at radius 2 is 1.64 bits per heavy atom. The molecule has 0 aliphatic rings. The highest BCUT2D eigenvalue weighted by Crippen LogP contribution is 2.28. The van der Waals surface area contributed by atoms with Gasteiger partial charge in [-0.1, -0.05) is 37.6 Å². The second-order valence-electron chi connectivity index (χ2n) is 5.57. The molecule has 0 fully saturated rings. The van der Waals surface area contributed by atoms with Crippen LogP contribution in [-0.4, -0.2) is 12.4 Å². The maximum Gasteiger partial charge on any atom is 0.416 e. The molecule has 132 valence electrons. The molecule has 2 nitrogen and oxygen atoms in total. The molecule has 0 unspecified atom stereocenters. The van der Waals surface area contributed by atoms with Crippen molar-refractivity contribution in [3.8, 4) is 0 Å². The van der Waals surface area contributed by atoms with E-state index in [1.165, 1.54) is 30.6 Å². The molecule has 0 saturated carbocycles. The fraction of sp³-hybridized carbons (Fsp3) is 0.263. The number of aryl methyl sites for hydroxylation is 1. The quantitative estimate of drug-likeness (QED) is 0.366. The molecule has 2 aromatic carbocycles. The number of nitrogens with zero attached hydrogens (tertiary/aromatic N) is 2. The minimum absolute atomic E-state index is 0.310. The zero-order chi connectivity index (χ0) is 18.3. The maximum atomic E-state index is 13.9. The zero-order valence-corrected chi connectivity index (χ0v) is 13.7. The number of unbranched alkanes of at least 4 members (excludes halogenated alkanes) is 1. The van der Waals surface area contributed by atoms with Crippen molar-refractivity contribution in [3.05, 3.63) is 70.5 Å². The Balaban J connectivity index is 1.99. The molecule has 0 radical (unpaired) electrons. The molecular formula is C19H18F4N2. The first-order valence-corrected chi connectivity index (χ1v) is 7.92. The van der Waals surface area contributed by atoms with Crippen LogP contribution in [0.5, 0.6) is 0 Å². The highest BCUT2D eigenvalue weighted by Gasteiger charge is 2.29. The lowest BCUT2D eigenvalue weighted by Gasteiger charge is -2.05. The first-order chi connectivity index (χ1) is 11.9. The van der Waals surface area contributed by atoms with Crippen LogP contribution in [0.1, 0.15) is 42.0 Å². The van der Waals surface area contributed by atoms with Crippen molar-refractivity contribution in [1.82, 2.24) is 0 Å². The summed E-state index contributed by atoms with van der Waals surface area (Å²) in [4.78, 5) is 0. The Morgan fingerprint density at radius 1 is 0.960 bits per heavy atom. The van der Waals surface area contributed by atoms with Crippen LogP contribution in [0, 0.1) is 5.82 Å². The van der Waals surface area contributed by atoms with E-state index in [2.05, 4.69) is 17.1 Å². The summed E-state index contributed by atoms with van der Waals surface area (Å²) in [6.07, 6.45) is 1.10. The summed E-state index contributed by atoms with van der Waals surface area (Å²) in [5.74, 6) is -0.373. The Labute approximate surface area is 143 Å². The molecule has 0 aliphatic carbocycles. The van der Waals surface area contributed by atoms with E-state index in [9.17, 15) is 17.6 Å². The van der Waals surface area contributed by atoms with Crippen LogP contribution in [0.4, 0.5) is 17.6 Å². The van der Waals surface area contributed by atoms with E-state index in [-0.39, 0.29) is 5.82 Å². The van der Waals surface area contributed by atoms with Crippen LogP contribution >= 0.6 is 0 Å². The molecule has 2 rings (SSSR count). The van der Waals surface area contributed by atoms with E-state index >= 15 is 0 Å². The van der Waals surface area contributed by atoms with Gasteiger partial charge >= 0.3 is 6.18 Å². The second-order valence-corrected chi connectivity index (χ2v) is 5.57. The van der Waals surface area contributed by atoms with Crippen LogP contribution in [0.25, 0.3) is 0 Å². The molecular weight excluding hydrogens is 332 g/mol. The minimum Gasteiger partial charge on any atom is -0.206 e. The molecule has 0 bridgehead atoms. The average molecular weight is 350 g/mol. The number of benzene rings is 2. The van der Waals surface area contributed by atoms with Crippen molar-refractivity contribution >= 4 is 12.4 Å². The Kier molecular flexibility index (Phi) is 6.44. The summed E-state index contributed by atoms with van der Waals surface area (Å²) in [6, 6.07) is 9.50. The molecule has 6 heteroatoms. The summed E-state index contributed by atoms with van der Waals surface area (Å²) in [5.41, 5.74) is 0.994. The largest absolute Gasteiger partial charge is 0.416 e. The second kappa shape index (κ2) is 8.55. The van der Waals surface area contributed by atoms with Gasteiger partial charge in [-0.3, -0.25) is 0 Å². The Morgan fingerprint density at radius 3 is 2.24 bits per heavy atom. The molecule has 0 aromatic heterocycles. The molecule has 0 heterocycles. The van der Waals surface area contributed by atoms with E-state index < -0.39 is 11.7 Å². The smallest absolute Gasteiger partial charge is 0.206 e. The lowest BCUT2D eigenvalue weighted by molar-refractivity contribution is -0.137. The lowest BCUT2D eigenvalue weighted by atomic mass is 10.1. The molecule has 0 aliphatic heterocycles. The van der Waals surface area contributed by atoms with Crippen molar-refractivity contribution in [3.63, 3.8) is 0 Å². The SMILES string of the molecule is CCCCc1ccc(/C=N/N=C/c2ccc(C(F)(F)F)cc2)c(F)c1. The molecule has 0 atom stereocenters. The zero-order valence-electron chi connectivity index (χ0n) is 13.7. The summed E-state index contributed by atoms with van der Waals surface area (Å²) < 4.78 is 51.3. The molecule has 2 aromatic rings. The predicted octanol–water partition coefficient (Wildman–Crippen LogP) is 5.64. The third-order valence-corrected chi connectivity index (χ3v) is 3.59. The van der Waals surface area contributed by atoms with E-state index in [4.69, 9.17) is 0 Å². The van der Waals surface area contributed by atoms with Crippen LogP contribution < -0.4 is 0 Å². The third-order valence-electron chi connectivity index (χ3n) is 3.59. The normalized spacial score (nSPS) is 12.4. The average Bonchev–Trinajstić information content (AvgIpc) is 2.58. The van der Waals surface area contributed by atoms with Gasteiger partial charge in [0.1, 0.15) is 5.82 Å². The fourth-order valence-electron chi connectivity index (χ4n) is 2.17. The summed E-state index contributed by atoms with van der Waals surface area (Å²) in [6.45, 7) is 2.08. The van der Waals surface area contributed by atoms with Crippen LogP contribution in [0.2, 0.25) is 0 Å². The van der Waals surface area contributed by atoms with Gasteiger partial charge in [-0.15, -0.1) is 0 Å². The third kappa shape index (κ3) is 5.81. The van der Waals surface area contributed by atoms with Gasteiger partial charge in [0.05, 0.1) is 18.0 Å². The van der Waals surface area contributed by atoms with Crippen LogP contribution in [0.3, 0.4) is 0 Å². The van der Waals surface area contributed by atoms with Crippen molar-refractivity contribution in [1.29, 1.82) is 0 Å². The Bertz CT molecular complexity index is 747. The van der Waals surface area contributed by atoms with Crippen molar-refractivity contribution in [2.75, 3.05) is 0 Å².